The molecule has 0 aliphatic carbocycles. The molecule has 3 aromatic carbocycles. The van der Waals surface area contributed by atoms with Crippen molar-refractivity contribution in [1.82, 2.24) is 15.3 Å². The molecule has 4 aromatic rings. The van der Waals surface area contributed by atoms with Crippen LogP contribution in [0, 0.1) is 0 Å². The van der Waals surface area contributed by atoms with Crippen molar-refractivity contribution in [3.8, 4) is 17.0 Å². The molecule has 44 heavy (non-hydrogen) atoms. The summed E-state index contributed by atoms with van der Waals surface area (Å²) in [7, 11) is 1.25. The topological polar surface area (TPSA) is 110 Å². The van der Waals surface area contributed by atoms with Crippen molar-refractivity contribution in [3.63, 3.8) is 0 Å². The number of rotatable bonds is 5. The van der Waals surface area contributed by atoms with E-state index in [1.165, 1.54) is 7.11 Å². The molecule has 1 saturated heterocycles. The summed E-state index contributed by atoms with van der Waals surface area (Å²) >= 11 is 0. The van der Waals surface area contributed by atoms with Crippen LogP contribution >= 0.6 is 0 Å². The SMILES string of the molecule is COC(=O)N(NC(=O)c1c(OC2CCN(C(=O)OC(C)(C)C)CC2)c(-c2ccccc2)nc2ccccc12)c1ccccc1. The van der Waals surface area contributed by atoms with Crippen LogP contribution in [-0.2, 0) is 9.47 Å². The molecular formula is C34H36N4O6. The van der Waals surface area contributed by atoms with Crippen LogP contribution in [0.4, 0.5) is 15.3 Å². The van der Waals surface area contributed by atoms with Crippen molar-refractivity contribution in [1.29, 1.82) is 0 Å². The average molecular weight is 597 g/mol. The number of piperidine rings is 1. The van der Waals surface area contributed by atoms with Gasteiger partial charge in [-0.25, -0.2) is 14.6 Å². The third-order valence-corrected chi connectivity index (χ3v) is 7.09. The number of nitrogens with zero attached hydrogens (tertiary/aromatic N) is 3. The number of benzene rings is 3. The van der Waals surface area contributed by atoms with E-state index in [1.54, 1.807) is 35.2 Å². The number of likely N-dealkylation sites (tertiary alicyclic amines) is 1. The highest BCUT2D eigenvalue weighted by Gasteiger charge is 2.32. The highest BCUT2D eigenvalue weighted by atomic mass is 16.6. The summed E-state index contributed by atoms with van der Waals surface area (Å²) in [4.78, 5) is 46.3. The van der Waals surface area contributed by atoms with E-state index in [-0.39, 0.29) is 17.8 Å². The molecular weight excluding hydrogens is 560 g/mol. The maximum Gasteiger partial charge on any atom is 0.433 e. The van der Waals surface area contributed by atoms with Crippen molar-refractivity contribution in [2.45, 2.75) is 45.3 Å². The number of nitrogens with one attached hydrogen (secondary N) is 1. The van der Waals surface area contributed by atoms with Gasteiger partial charge in [0.25, 0.3) is 5.91 Å². The first-order valence-corrected chi connectivity index (χ1v) is 14.5. The Morgan fingerprint density at radius 1 is 0.886 bits per heavy atom. The summed E-state index contributed by atoms with van der Waals surface area (Å²) < 4.78 is 17.2. The van der Waals surface area contributed by atoms with Gasteiger partial charge in [-0.2, -0.15) is 5.01 Å². The van der Waals surface area contributed by atoms with Crippen LogP contribution < -0.4 is 15.2 Å². The summed E-state index contributed by atoms with van der Waals surface area (Å²) in [5.41, 5.74) is 4.65. The zero-order valence-electron chi connectivity index (χ0n) is 25.3. The minimum Gasteiger partial charge on any atom is -0.487 e. The number of pyridine rings is 1. The second-order valence-electron chi connectivity index (χ2n) is 11.4. The minimum atomic E-state index is -0.761. The van der Waals surface area contributed by atoms with Crippen LogP contribution in [0.3, 0.4) is 0 Å². The number of methoxy groups -OCH3 is 1. The fourth-order valence-electron chi connectivity index (χ4n) is 5.02. The molecule has 228 valence electrons. The monoisotopic (exact) mass is 596 g/mol. The Kier molecular flexibility index (Phi) is 8.99. The Balaban J connectivity index is 1.54. The van der Waals surface area contributed by atoms with Crippen molar-refractivity contribution in [2.75, 3.05) is 25.2 Å². The Hall–Kier alpha value is -5.12. The zero-order valence-corrected chi connectivity index (χ0v) is 25.3. The van der Waals surface area contributed by atoms with Gasteiger partial charge in [-0.1, -0.05) is 66.7 Å². The predicted molar refractivity (Wildman–Crippen MR) is 167 cm³/mol. The number of hydrazine groups is 1. The van der Waals surface area contributed by atoms with Crippen LogP contribution in [0.25, 0.3) is 22.2 Å². The zero-order chi connectivity index (χ0) is 31.3. The third kappa shape index (κ3) is 6.91. The fraction of sp³-hybridized carbons (Fsp3) is 0.294. The molecule has 0 atom stereocenters. The van der Waals surface area contributed by atoms with Crippen LogP contribution in [0.5, 0.6) is 5.75 Å². The number of ether oxygens (including phenoxy) is 3. The number of para-hydroxylation sites is 2. The number of hydrogen-bond donors (Lipinski definition) is 1. The summed E-state index contributed by atoms with van der Waals surface area (Å²) in [5.74, 6) is -0.280. The van der Waals surface area contributed by atoms with Crippen molar-refractivity contribution < 1.29 is 28.6 Å². The lowest BCUT2D eigenvalue weighted by Gasteiger charge is -2.34. The maximum absolute atomic E-state index is 14.2. The summed E-state index contributed by atoms with van der Waals surface area (Å²) in [6, 6.07) is 25.5. The molecule has 1 aromatic heterocycles. The fourth-order valence-corrected chi connectivity index (χ4v) is 5.02. The van der Waals surface area contributed by atoms with Gasteiger partial charge in [0, 0.05) is 36.9 Å². The second kappa shape index (κ2) is 13.0. The minimum absolute atomic E-state index is 0.230. The van der Waals surface area contributed by atoms with Crippen LogP contribution in [0.2, 0.25) is 0 Å². The van der Waals surface area contributed by atoms with E-state index >= 15 is 0 Å². The summed E-state index contributed by atoms with van der Waals surface area (Å²) in [5, 5.41) is 1.62. The molecule has 1 aliphatic heterocycles. The molecule has 10 nitrogen and oxygen atoms in total. The average Bonchev–Trinajstić information content (AvgIpc) is 3.03. The van der Waals surface area contributed by atoms with Crippen LogP contribution in [0.15, 0.2) is 84.9 Å². The van der Waals surface area contributed by atoms with Gasteiger partial charge in [0.15, 0.2) is 5.75 Å². The van der Waals surface area contributed by atoms with Crippen LogP contribution in [0.1, 0.15) is 44.0 Å². The molecule has 5 rings (SSSR count). The largest absolute Gasteiger partial charge is 0.487 e. The number of carbonyl (C=O) groups is 3. The second-order valence-corrected chi connectivity index (χ2v) is 11.4. The number of fused-ring (bicyclic) bond motifs is 1. The number of amides is 3. The van der Waals surface area contributed by atoms with Gasteiger partial charge in [-0.3, -0.25) is 10.2 Å². The summed E-state index contributed by atoms with van der Waals surface area (Å²) in [6.07, 6.45) is -0.379. The molecule has 0 saturated carbocycles. The molecule has 10 heteroatoms. The lowest BCUT2D eigenvalue weighted by Crippen LogP contribution is -2.47. The van der Waals surface area contributed by atoms with E-state index in [0.29, 0.717) is 54.0 Å². The lowest BCUT2D eigenvalue weighted by molar-refractivity contribution is 0.0126. The molecule has 1 aliphatic rings. The Bertz CT molecular complexity index is 1630. The van der Waals surface area contributed by atoms with Crippen molar-refractivity contribution in [2.24, 2.45) is 0 Å². The molecule has 0 unspecified atom stereocenters. The normalized spacial score (nSPS) is 13.7. The highest BCUT2D eigenvalue weighted by molar-refractivity contribution is 6.12. The van der Waals surface area contributed by atoms with Gasteiger partial charge in [-0.15, -0.1) is 0 Å². The predicted octanol–water partition coefficient (Wildman–Crippen LogP) is 6.60. The van der Waals surface area contributed by atoms with E-state index in [4.69, 9.17) is 19.2 Å². The molecule has 0 radical (unpaired) electrons. The molecule has 2 heterocycles. The number of hydrogen-bond acceptors (Lipinski definition) is 7. The van der Waals surface area contributed by atoms with E-state index < -0.39 is 17.6 Å². The number of aromatic nitrogens is 1. The third-order valence-electron chi connectivity index (χ3n) is 7.09. The first-order chi connectivity index (χ1) is 21.1. The van der Waals surface area contributed by atoms with Gasteiger partial charge < -0.3 is 19.1 Å². The first-order valence-electron chi connectivity index (χ1n) is 14.5. The number of carbonyl (C=O) groups excluding carboxylic acids is 3. The number of anilines is 1. The van der Waals surface area contributed by atoms with Gasteiger partial charge in [0.05, 0.1) is 23.9 Å². The Morgan fingerprint density at radius 2 is 1.50 bits per heavy atom. The van der Waals surface area contributed by atoms with Crippen molar-refractivity contribution >= 4 is 34.7 Å². The first kappa shape index (κ1) is 30.3. The van der Waals surface area contributed by atoms with E-state index in [9.17, 15) is 14.4 Å². The van der Waals surface area contributed by atoms with Gasteiger partial charge in [0.1, 0.15) is 17.4 Å². The van der Waals surface area contributed by atoms with Gasteiger partial charge in [0.2, 0.25) is 0 Å². The Morgan fingerprint density at radius 3 is 2.14 bits per heavy atom. The molecule has 3 amide bonds. The van der Waals surface area contributed by atoms with Crippen molar-refractivity contribution in [3.05, 3.63) is 90.5 Å². The van der Waals surface area contributed by atoms with Gasteiger partial charge in [-0.05, 0) is 39.0 Å². The quantitative estimate of drug-likeness (QED) is 0.259. The molecule has 0 bridgehead atoms. The lowest BCUT2D eigenvalue weighted by atomic mass is 10.0. The van der Waals surface area contributed by atoms with Gasteiger partial charge >= 0.3 is 12.2 Å². The maximum atomic E-state index is 14.2. The van der Waals surface area contributed by atoms with E-state index in [0.717, 1.165) is 10.6 Å². The van der Waals surface area contributed by atoms with Crippen LogP contribution in [-0.4, -0.2) is 59.9 Å². The smallest absolute Gasteiger partial charge is 0.433 e. The Labute approximate surface area is 256 Å². The standard InChI is InChI=1S/C34H36N4O6/c1-34(2,3)44-32(40)37-21-19-25(20-22-37)43-30-28(31(39)36-38(33(41)42-4)24-15-9-6-10-16-24)26-17-11-12-18-27(26)35-29(30)23-13-7-5-8-14-23/h5-18,25H,19-22H2,1-4H3,(H,36,39). The summed E-state index contributed by atoms with van der Waals surface area (Å²) in [6.45, 7) is 6.39. The highest BCUT2D eigenvalue weighted by Crippen LogP contribution is 2.38. The molecule has 1 fully saturated rings. The molecule has 1 N–H and O–H groups in total. The molecule has 0 spiro atoms. The van der Waals surface area contributed by atoms with E-state index in [2.05, 4.69) is 5.43 Å². The van der Waals surface area contributed by atoms with E-state index in [1.807, 2.05) is 75.4 Å².